The van der Waals surface area contributed by atoms with Crippen LogP contribution in [0.5, 0.6) is 0 Å². The molecule has 45 heavy (non-hydrogen) atoms. The van der Waals surface area contributed by atoms with E-state index in [1.54, 1.807) is 0 Å². The third-order valence-electron chi connectivity index (χ3n) is 8.98. The number of rotatable bonds is 6. The van der Waals surface area contributed by atoms with Crippen molar-refractivity contribution in [1.29, 1.82) is 0 Å². The molecule has 5 heteroatoms. The summed E-state index contributed by atoms with van der Waals surface area (Å²) in [5.41, 5.74) is 9.33. The number of benzene rings is 5. The fourth-order valence-corrected chi connectivity index (χ4v) is 5.77. The van der Waals surface area contributed by atoms with Crippen LogP contribution in [-0.4, -0.2) is 28.3 Å². The van der Waals surface area contributed by atoms with Gasteiger partial charge in [-0.25, -0.2) is 9.97 Å². The third-order valence-corrected chi connectivity index (χ3v) is 8.98. The highest BCUT2D eigenvalue weighted by atomic mass is 16.7. The summed E-state index contributed by atoms with van der Waals surface area (Å²) in [5.74, 6) is 0.680. The predicted molar refractivity (Wildman–Crippen MR) is 185 cm³/mol. The molecule has 0 unspecified atom stereocenters. The Morgan fingerprint density at radius 1 is 0.444 bits per heavy atom. The number of hydrogen-bond donors (Lipinski definition) is 0. The summed E-state index contributed by atoms with van der Waals surface area (Å²) in [5, 5.41) is 0. The van der Waals surface area contributed by atoms with E-state index in [4.69, 9.17) is 19.3 Å². The maximum atomic E-state index is 6.45. The molecule has 2 heterocycles. The van der Waals surface area contributed by atoms with E-state index >= 15 is 0 Å². The Morgan fingerprint density at radius 2 is 0.889 bits per heavy atom. The van der Waals surface area contributed by atoms with Crippen LogP contribution >= 0.6 is 0 Å². The van der Waals surface area contributed by atoms with E-state index < -0.39 is 18.3 Å². The maximum Gasteiger partial charge on any atom is 0.494 e. The molecular formula is C40H35BN2O2. The zero-order valence-corrected chi connectivity index (χ0v) is 26.1. The van der Waals surface area contributed by atoms with Crippen molar-refractivity contribution in [3.05, 3.63) is 140 Å². The molecule has 6 aromatic rings. The first-order chi connectivity index (χ1) is 21.8. The van der Waals surface area contributed by atoms with E-state index in [0.29, 0.717) is 5.82 Å². The van der Waals surface area contributed by atoms with Crippen molar-refractivity contribution in [2.24, 2.45) is 0 Å². The van der Waals surface area contributed by atoms with Crippen LogP contribution in [0.1, 0.15) is 27.7 Å². The van der Waals surface area contributed by atoms with Gasteiger partial charge in [0.05, 0.1) is 22.6 Å². The molecule has 0 aliphatic carbocycles. The molecule has 1 saturated heterocycles. The second-order valence-electron chi connectivity index (χ2n) is 12.5. The van der Waals surface area contributed by atoms with Gasteiger partial charge < -0.3 is 9.31 Å². The molecule has 1 aliphatic rings. The standard InChI is InChI=1S/C40H35BN2O2/c1-39(2)40(3,4)45-41(44-39)31-24-25-33(35(26-31)28-16-8-5-9-17-28)32-22-14-15-23-34(32)38-42-36(29-18-10-6-11-19-29)27-37(43-38)30-20-12-7-13-21-30/h5-27H,1-4H3. The first kappa shape index (κ1) is 28.9. The molecule has 1 fully saturated rings. The van der Waals surface area contributed by atoms with Crippen LogP contribution in [0.2, 0.25) is 0 Å². The molecular weight excluding hydrogens is 551 g/mol. The largest absolute Gasteiger partial charge is 0.494 e. The summed E-state index contributed by atoms with van der Waals surface area (Å²) in [6.45, 7) is 8.35. The summed E-state index contributed by atoms with van der Waals surface area (Å²) in [7, 11) is -0.457. The molecule has 0 spiro atoms. The quantitative estimate of drug-likeness (QED) is 0.183. The summed E-state index contributed by atoms with van der Waals surface area (Å²) >= 11 is 0. The Balaban J connectivity index is 1.40. The topological polar surface area (TPSA) is 44.2 Å². The molecule has 0 radical (unpaired) electrons. The van der Waals surface area contributed by atoms with Crippen LogP contribution in [0.15, 0.2) is 140 Å². The Morgan fingerprint density at radius 3 is 1.42 bits per heavy atom. The fraction of sp³-hybridized carbons (Fsp3) is 0.150. The Labute approximate surface area is 265 Å². The van der Waals surface area contributed by atoms with E-state index in [2.05, 4.69) is 125 Å². The van der Waals surface area contributed by atoms with Crippen molar-refractivity contribution in [3.63, 3.8) is 0 Å². The molecule has 0 amide bonds. The van der Waals surface area contributed by atoms with Gasteiger partial charge in [-0.05, 0) is 61.5 Å². The van der Waals surface area contributed by atoms with E-state index in [-0.39, 0.29) is 0 Å². The van der Waals surface area contributed by atoms with Crippen LogP contribution in [0.25, 0.3) is 56.2 Å². The lowest BCUT2D eigenvalue weighted by atomic mass is 9.76. The molecule has 7 rings (SSSR count). The molecule has 220 valence electrons. The lowest BCUT2D eigenvalue weighted by Crippen LogP contribution is -2.41. The Kier molecular flexibility index (Phi) is 7.44. The van der Waals surface area contributed by atoms with E-state index in [1.807, 2.05) is 42.5 Å². The molecule has 1 aliphatic heterocycles. The third kappa shape index (κ3) is 5.61. The minimum Gasteiger partial charge on any atom is -0.399 e. The van der Waals surface area contributed by atoms with Crippen molar-refractivity contribution in [2.75, 3.05) is 0 Å². The van der Waals surface area contributed by atoms with Crippen molar-refractivity contribution < 1.29 is 9.31 Å². The number of nitrogens with zero attached hydrogens (tertiary/aromatic N) is 2. The van der Waals surface area contributed by atoms with E-state index in [9.17, 15) is 0 Å². The van der Waals surface area contributed by atoms with Gasteiger partial charge >= 0.3 is 7.12 Å². The predicted octanol–water partition coefficient (Wildman–Crippen LogP) is 9.11. The highest BCUT2D eigenvalue weighted by molar-refractivity contribution is 6.62. The van der Waals surface area contributed by atoms with Gasteiger partial charge in [-0.3, -0.25) is 0 Å². The van der Waals surface area contributed by atoms with Gasteiger partial charge in [-0.15, -0.1) is 0 Å². The molecule has 4 nitrogen and oxygen atoms in total. The van der Waals surface area contributed by atoms with Crippen molar-refractivity contribution in [2.45, 2.75) is 38.9 Å². The van der Waals surface area contributed by atoms with Gasteiger partial charge in [0.15, 0.2) is 5.82 Å². The van der Waals surface area contributed by atoms with E-state index in [1.165, 1.54) is 0 Å². The molecule has 0 atom stereocenters. The zero-order chi connectivity index (χ0) is 31.0. The lowest BCUT2D eigenvalue weighted by Gasteiger charge is -2.32. The minimum absolute atomic E-state index is 0.423. The van der Waals surface area contributed by atoms with E-state index in [0.717, 1.165) is 55.8 Å². The minimum atomic E-state index is -0.457. The first-order valence-electron chi connectivity index (χ1n) is 15.4. The van der Waals surface area contributed by atoms with Gasteiger partial charge in [-0.2, -0.15) is 0 Å². The summed E-state index contributed by atoms with van der Waals surface area (Å²) in [6, 6.07) is 48.1. The van der Waals surface area contributed by atoms with Crippen LogP contribution in [0, 0.1) is 0 Å². The molecule has 1 aromatic heterocycles. The zero-order valence-electron chi connectivity index (χ0n) is 26.1. The van der Waals surface area contributed by atoms with Crippen molar-refractivity contribution in [1.82, 2.24) is 9.97 Å². The maximum absolute atomic E-state index is 6.45. The second kappa shape index (κ2) is 11.6. The summed E-state index contributed by atoms with van der Waals surface area (Å²) in [6.07, 6.45) is 0. The van der Waals surface area contributed by atoms with Crippen LogP contribution in [0.4, 0.5) is 0 Å². The van der Waals surface area contributed by atoms with Crippen molar-refractivity contribution in [3.8, 4) is 56.2 Å². The van der Waals surface area contributed by atoms with Crippen molar-refractivity contribution >= 4 is 12.6 Å². The van der Waals surface area contributed by atoms with Crippen LogP contribution < -0.4 is 5.46 Å². The normalized spacial score (nSPS) is 15.2. The summed E-state index contributed by atoms with van der Waals surface area (Å²) < 4.78 is 12.9. The number of aromatic nitrogens is 2. The first-order valence-corrected chi connectivity index (χ1v) is 15.4. The van der Waals surface area contributed by atoms with Gasteiger partial charge in [-0.1, -0.05) is 133 Å². The smallest absolute Gasteiger partial charge is 0.399 e. The van der Waals surface area contributed by atoms with Gasteiger partial charge in [0.1, 0.15) is 0 Å². The molecule has 0 bridgehead atoms. The van der Waals surface area contributed by atoms with Gasteiger partial charge in [0.2, 0.25) is 0 Å². The molecule has 5 aromatic carbocycles. The average molecular weight is 587 g/mol. The summed E-state index contributed by atoms with van der Waals surface area (Å²) in [4.78, 5) is 10.3. The number of hydrogen-bond acceptors (Lipinski definition) is 4. The SMILES string of the molecule is CC1(C)OB(c2ccc(-c3ccccc3-c3nc(-c4ccccc4)cc(-c4ccccc4)n3)c(-c3ccccc3)c2)OC1(C)C. The fourth-order valence-electron chi connectivity index (χ4n) is 5.77. The monoisotopic (exact) mass is 586 g/mol. The lowest BCUT2D eigenvalue weighted by molar-refractivity contribution is 0.00578. The average Bonchev–Trinajstić information content (AvgIpc) is 3.31. The molecule has 0 saturated carbocycles. The highest BCUT2D eigenvalue weighted by Gasteiger charge is 2.51. The Hall–Kier alpha value is -4.84. The van der Waals surface area contributed by atoms with Gasteiger partial charge in [0.25, 0.3) is 0 Å². The Bertz CT molecular complexity index is 1880. The van der Waals surface area contributed by atoms with Gasteiger partial charge in [0, 0.05) is 16.7 Å². The highest BCUT2D eigenvalue weighted by Crippen LogP contribution is 2.40. The molecule has 0 N–H and O–H groups in total. The second-order valence-corrected chi connectivity index (χ2v) is 12.5. The van der Waals surface area contributed by atoms with Crippen LogP contribution in [0.3, 0.4) is 0 Å². The van der Waals surface area contributed by atoms with Crippen LogP contribution in [-0.2, 0) is 9.31 Å².